The lowest BCUT2D eigenvalue weighted by Gasteiger charge is -2.10. The van der Waals surface area contributed by atoms with Crippen LogP contribution in [0.4, 0.5) is 0 Å². The largest absolute Gasteiger partial charge is 0.352 e. The van der Waals surface area contributed by atoms with Gasteiger partial charge in [0.1, 0.15) is 0 Å². The van der Waals surface area contributed by atoms with Gasteiger partial charge >= 0.3 is 0 Å². The van der Waals surface area contributed by atoms with Crippen LogP contribution in [-0.2, 0) is 4.79 Å². The van der Waals surface area contributed by atoms with Gasteiger partial charge in [0.05, 0.1) is 5.75 Å². The van der Waals surface area contributed by atoms with E-state index >= 15 is 0 Å². The molecule has 1 rings (SSSR count). The molecule has 0 aliphatic rings. The Balaban J connectivity index is 2.33. The summed E-state index contributed by atoms with van der Waals surface area (Å²) in [6, 6.07) is 10.2. The zero-order valence-corrected chi connectivity index (χ0v) is 10.3. The Morgan fingerprint density at radius 2 is 2.19 bits per heavy atom. The topological polar surface area (TPSA) is 29.1 Å². The van der Waals surface area contributed by atoms with Crippen LogP contribution in [0.1, 0.15) is 17.7 Å². The van der Waals surface area contributed by atoms with Gasteiger partial charge in [-0.25, -0.2) is 0 Å². The van der Waals surface area contributed by atoms with Crippen molar-refractivity contribution in [1.82, 2.24) is 5.32 Å². The highest BCUT2D eigenvalue weighted by Gasteiger charge is 2.07. The van der Waals surface area contributed by atoms with Gasteiger partial charge in [-0.2, -0.15) is 0 Å². The third-order valence-electron chi connectivity index (χ3n) is 2.18. The Labute approximate surface area is 101 Å². The molecule has 0 spiro atoms. The Morgan fingerprint density at radius 1 is 1.50 bits per heavy atom. The van der Waals surface area contributed by atoms with Crippen molar-refractivity contribution in [1.29, 1.82) is 0 Å². The summed E-state index contributed by atoms with van der Waals surface area (Å²) in [5.41, 5.74) is 1.25. The van der Waals surface area contributed by atoms with Crippen LogP contribution in [0.3, 0.4) is 0 Å². The van der Waals surface area contributed by atoms with Crippen LogP contribution in [-0.4, -0.2) is 18.2 Å². The van der Waals surface area contributed by atoms with Crippen molar-refractivity contribution in [2.24, 2.45) is 0 Å². The van der Waals surface area contributed by atoms with Crippen LogP contribution in [0.25, 0.3) is 0 Å². The predicted octanol–water partition coefficient (Wildman–Crippen LogP) is 2.78. The van der Waals surface area contributed by atoms with Crippen LogP contribution in [0.5, 0.6) is 0 Å². The predicted molar refractivity (Wildman–Crippen MR) is 70.5 cm³/mol. The first-order valence-corrected chi connectivity index (χ1v) is 6.33. The van der Waals surface area contributed by atoms with Crippen LogP contribution in [0.15, 0.2) is 43.0 Å². The summed E-state index contributed by atoms with van der Waals surface area (Å²) in [6.07, 6.45) is 1.68. The van der Waals surface area contributed by atoms with E-state index in [4.69, 9.17) is 0 Å². The molecule has 16 heavy (non-hydrogen) atoms. The molecule has 0 saturated heterocycles. The maximum atomic E-state index is 11.4. The molecule has 3 heteroatoms. The van der Waals surface area contributed by atoms with E-state index in [2.05, 4.69) is 31.0 Å². The molecule has 1 aromatic carbocycles. The van der Waals surface area contributed by atoms with Crippen molar-refractivity contribution >= 4 is 17.7 Å². The zero-order valence-electron chi connectivity index (χ0n) is 9.48. The molecule has 0 radical (unpaired) electrons. The molecule has 1 aromatic rings. The van der Waals surface area contributed by atoms with Crippen molar-refractivity contribution in [3.05, 3.63) is 48.6 Å². The van der Waals surface area contributed by atoms with Gasteiger partial charge in [-0.1, -0.05) is 36.4 Å². The summed E-state index contributed by atoms with van der Waals surface area (Å²) < 4.78 is 0. The van der Waals surface area contributed by atoms with Gasteiger partial charge in [-0.15, -0.1) is 18.3 Å². The number of thioether (sulfide) groups is 1. The summed E-state index contributed by atoms with van der Waals surface area (Å²) in [7, 11) is 0. The Bertz CT molecular complexity index is 337. The van der Waals surface area contributed by atoms with Crippen molar-refractivity contribution in [3.8, 4) is 0 Å². The summed E-state index contributed by atoms with van der Waals surface area (Å²) >= 11 is 1.64. The first kappa shape index (κ1) is 12.8. The maximum Gasteiger partial charge on any atom is 0.230 e. The van der Waals surface area contributed by atoms with Gasteiger partial charge in [0, 0.05) is 11.8 Å². The maximum absolute atomic E-state index is 11.4. The van der Waals surface area contributed by atoms with Gasteiger partial charge in [0.25, 0.3) is 0 Å². The van der Waals surface area contributed by atoms with E-state index in [0.29, 0.717) is 17.5 Å². The number of carbonyl (C=O) groups is 1. The zero-order chi connectivity index (χ0) is 11.8. The molecular weight excluding hydrogens is 218 g/mol. The SMILES string of the molecule is C=CCNC(=O)CSC(C)c1ccccc1. The summed E-state index contributed by atoms with van der Waals surface area (Å²) in [6.45, 7) is 6.21. The lowest BCUT2D eigenvalue weighted by atomic mass is 10.2. The molecule has 0 bridgehead atoms. The van der Waals surface area contributed by atoms with E-state index in [1.807, 2.05) is 18.2 Å². The van der Waals surface area contributed by atoms with Gasteiger partial charge in [0.15, 0.2) is 0 Å². The molecular formula is C13H17NOS. The fraction of sp³-hybridized carbons (Fsp3) is 0.308. The quantitative estimate of drug-likeness (QED) is 0.768. The molecule has 0 heterocycles. The number of nitrogens with one attached hydrogen (secondary N) is 1. The number of hydrogen-bond acceptors (Lipinski definition) is 2. The molecule has 1 N–H and O–H groups in total. The van der Waals surface area contributed by atoms with Crippen LogP contribution in [0, 0.1) is 0 Å². The van der Waals surface area contributed by atoms with Crippen molar-refractivity contribution in [3.63, 3.8) is 0 Å². The third kappa shape index (κ3) is 4.53. The lowest BCUT2D eigenvalue weighted by molar-refractivity contribution is -0.118. The Hall–Kier alpha value is -1.22. The average Bonchev–Trinajstić information content (AvgIpc) is 2.34. The highest BCUT2D eigenvalue weighted by molar-refractivity contribution is 8.00. The van der Waals surface area contributed by atoms with Crippen molar-refractivity contribution in [2.45, 2.75) is 12.2 Å². The van der Waals surface area contributed by atoms with E-state index in [-0.39, 0.29) is 5.91 Å². The van der Waals surface area contributed by atoms with Crippen LogP contribution >= 0.6 is 11.8 Å². The van der Waals surface area contributed by atoms with E-state index in [1.165, 1.54) is 5.56 Å². The van der Waals surface area contributed by atoms with Crippen LogP contribution in [0.2, 0.25) is 0 Å². The minimum Gasteiger partial charge on any atom is -0.352 e. The minimum absolute atomic E-state index is 0.0627. The molecule has 0 fully saturated rings. The highest BCUT2D eigenvalue weighted by Crippen LogP contribution is 2.27. The molecule has 0 aliphatic heterocycles. The molecule has 0 saturated carbocycles. The second kappa shape index (κ2) is 7.12. The molecule has 1 unspecified atom stereocenters. The van der Waals surface area contributed by atoms with E-state index in [9.17, 15) is 4.79 Å². The van der Waals surface area contributed by atoms with E-state index in [1.54, 1.807) is 17.8 Å². The van der Waals surface area contributed by atoms with Crippen molar-refractivity contribution < 1.29 is 4.79 Å². The fourth-order valence-electron chi connectivity index (χ4n) is 1.26. The average molecular weight is 235 g/mol. The summed E-state index contributed by atoms with van der Waals surface area (Å²) in [4.78, 5) is 11.4. The van der Waals surface area contributed by atoms with E-state index in [0.717, 1.165) is 0 Å². The number of amides is 1. The fourth-order valence-corrected chi connectivity index (χ4v) is 2.11. The lowest BCUT2D eigenvalue weighted by Crippen LogP contribution is -2.25. The van der Waals surface area contributed by atoms with Crippen molar-refractivity contribution in [2.75, 3.05) is 12.3 Å². The molecule has 1 atom stereocenters. The van der Waals surface area contributed by atoms with Gasteiger partial charge in [-0.3, -0.25) is 4.79 Å². The smallest absolute Gasteiger partial charge is 0.230 e. The number of carbonyl (C=O) groups excluding carboxylic acids is 1. The Morgan fingerprint density at radius 3 is 2.81 bits per heavy atom. The number of benzene rings is 1. The normalized spacial score (nSPS) is 11.8. The second-order valence-electron chi connectivity index (χ2n) is 3.46. The van der Waals surface area contributed by atoms with Gasteiger partial charge in [0.2, 0.25) is 5.91 Å². The molecule has 1 amide bonds. The van der Waals surface area contributed by atoms with E-state index < -0.39 is 0 Å². The monoisotopic (exact) mass is 235 g/mol. The molecule has 86 valence electrons. The summed E-state index contributed by atoms with van der Waals surface area (Å²) in [5, 5.41) is 3.10. The minimum atomic E-state index is 0.0627. The molecule has 2 nitrogen and oxygen atoms in total. The first-order chi connectivity index (χ1) is 7.74. The highest BCUT2D eigenvalue weighted by atomic mass is 32.2. The third-order valence-corrected chi connectivity index (χ3v) is 3.38. The van der Waals surface area contributed by atoms with Crippen LogP contribution < -0.4 is 5.32 Å². The molecule has 0 aliphatic carbocycles. The van der Waals surface area contributed by atoms with Gasteiger partial charge in [-0.05, 0) is 12.5 Å². The van der Waals surface area contributed by atoms with Gasteiger partial charge < -0.3 is 5.32 Å². The second-order valence-corrected chi connectivity index (χ2v) is 4.79. The standard InChI is InChI=1S/C13H17NOS/c1-3-9-14-13(15)10-16-11(2)12-7-5-4-6-8-12/h3-8,11H,1,9-10H2,2H3,(H,14,15). The number of rotatable bonds is 6. The number of hydrogen-bond donors (Lipinski definition) is 1. The first-order valence-electron chi connectivity index (χ1n) is 5.28. The molecule has 0 aromatic heterocycles. The Kier molecular flexibility index (Phi) is 5.72. The summed E-state index contributed by atoms with van der Waals surface area (Å²) in [5.74, 6) is 0.553.